The van der Waals surface area contributed by atoms with Gasteiger partial charge in [-0.2, -0.15) is 0 Å². The molecule has 3 rings (SSSR count). The number of rotatable bonds is 6. The summed E-state index contributed by atoms with van der Waals surface area (Å²) in [5, 5.41) is 2.70. The van der Waals surface area contributed by atoms with Crippen molar-refractivity contribution in [3.05, 3.63) is 40.9 Å². The van der Waals surface area contributed by atoms with Crippen LogP contribution in [-0.2, 0) is 22.5 Å². The number of hydrogen-bond donors (Lipinski definition) is 0. The summed E-state index contributed by atoms with van der Waals surface area (Å²) in [6.45, 7) is 9.43. The second-order valence-electron chi connectivity index (χ2n) is 6.92. The van der Waals surface area contributed by atoms with Crippen molar-refractivity contribution in [2.45, 2.75) is 33.7 Å². The van der Waals surface area contributed by atoms with Crippen molar-refractivity contribution in [1.82, 2.24) is 14.8 Å². The van der Waals surface area contributed by atoms with Crippen molar-refractivity contribution >= 4 is 34.2 Å². The third-order valence-electron chi connectivity index (χ3n) is 4.94. The summed E-state index contributed by atoms with van der Waals surface area (Å²) in [6, 6.07) is 7.95. The smallest absolute Gasteiger partial charge is 0.409 e. The average Bonchev–Trinajstić information content (AvgIpc) is 3.16. The molecule has 1 saturated heterocycles. The number of anilines is 2. The van der Waals surface area contributed by atoms with E-state index in [9.17, 15) is 9.59 Å². The van der Waals surface area contributed by atoms with Gasteiger partial charge in [-0.05, 0) is 25.0 Å². The molecule has 0 bridgehead atoms. The quantitative estimate of drug-likeness (QED) is 0.719. The molecule has 0 N–H and O–H groups in total. The summed E-state index contributed by atoms with van der Waals surface area (Å²) in [5.41, 5.74) is 2.95. The van der Waals surface area contributed by atoms with Crippen LogP contribution in [0.2, 0.25) is 0 Å². The van der Waals surface area contributed by atoms with Crippen LogP contribution in [0.5, 0.6) is 0 Å². The molecule has 2 aromatic rings. The molecule has 0 aliphatic carbocycles. The maximum absolute atomic E-state index is 12.4. The van der Waals surface area contributed by atoms with Gasteiger partial charge in [0, 0.05) is 45.0 Å². The maximum Gasteiger partial charge on any atom is 0.409 e. The molecule has 1 aliphatic rings. The third-order valence-corrected chi connectivity index (χ3v) is 5.82. The second kappa shape index (κ2) is 9.84. The van der Waals surface area contributed by atoms with Crippen molar-refractivity contribution in [1.29, 1.82) is 0 Å². The first-order valence-corrected chi connectivity index (χ1v) is 10.9. The lowest BCUT2D eigenvalue weighted by atomic mass is 10.1. The number of nitrogens with zero attached hydrogens (tertiary/aromatic N) is 4. The number of para-hydroxylation sites is 1. The number of amides is 2. The molecular formula is C21H28N4O3S. The van der Waals surface area contributed by atoms with Gasteiger partial charge in [-0.3, -0.25) is 14.6 Å². The van der Waals surface area contributed by atoms with Gasteiger partial charge in [0.2, 0.25) is 5.91 Å². The Morgan fingerprint density at radius 2 is 1.90 bits per heavy atom. The van der Waals surface area contributed by atoms with Crippen LogP contribution in [0, 0.1) is 0 Å². The monoisotopic (exact) mass is 416 g/mol. The molecule has 7 nitrogen and oxygen atoms in total. The first-order chi connectivity index (χ1) is 14.0. The van der Waals surface area contributed by atoms with Gasteiger partial charge in [-0.1, -0.05) is 25.1 Å². The van der Waals surface area contributed by atoms with Crippen LogP contribution in [-0.4, -0.2) is 59.6 Å². The fourth-order valence-electron chi connectivity index (χ4n) is 3.44. The van der Waals surface area contributed by atoms with Crippen LogP contribution in [0.3, 0.4) is 0 Å². The second-order valence-corrected chi connectivity index (χ2v) is 7.76. The minimum absolute atomic E-state index is 0.0464. The van der Waals surface area contributed by atoms with Crippen LogP contribution in [0.1, 0.15) is 32.0 Å². The molecule has 0 radical (unpaired) electrons. The van der Waals surface area contributed by atoms with Crippen LogP contribution < -0.4 is 4.90 Å². The van der Waals surface area contributed by atoms with Gasteiger partial charge in [-0.15, -0.1) is 11.3 Å². The number of thiazole rings is 1. The number of aromatic nitrogens is 1. The van der Waals surface area contributed by atoms with Crippen molar-refractivity contribution in [3.8, 4) is 0 Å². The highest BCUT2D eigenvalue weighted by molar-refractivity contribution is 7.14. The zero-order valence-corrected chi connectivity index (χ0v) is 18.1. The minimum atomic E-state index is -0.241. The number of benzene rings is 1. The van der Waals surface area contributed by atoms with Gasteiger partial charge in [0.15, 0.2) is 5.13 Å². The number of hydrogen-bond acceptors (Lipinski definition) is 6. The Morgan fingerprint density at radius 1 is 1.17 bits per heavy atom. The fraction of sp³-hybridized carbons (Fsp3) is 0.476. The van der Waals surface area contributed by atoms with E-state index < -0.39 is 0 Å². The van der Waals surface area contributed by atoms with Gasteiger partial charge in [-0.25, -0.2) is 9.78 Å². The summed E-state index contributed by atoms with van der Waals surface area (Å²) in [7, 11) is 0. The molecule has 8 heteroatoms. The Morgan fingerprint density at radius 3 is 2.55 bits per heavy atom. The molecule has 2 heterocycles. The summed E-state index contributed by atoms with van der Waals surface area (Å²) >= 11 is 1.48. The van der Waals surface area contributed by atoms with Crippen molar-refractivity contribution in [2.24, 2.45) is 0 Å². The summed E-state index contributed by atoms with van der Waals surface area (Å²) < 4.78 is 5.07. The molecule has 0 unspecified atom stereocenters. The van der Waals surface area contributed by atoms with E-state index in [1.807, 2.05) is 36.6 Å². The zero-order chi connectivity index (χ0) is 20.8. The van der Waals surface area contributed by atoms with Gasteiger partial charge >= 0.3 is 6.09 Å². The number of piperazine rings is 1. The molecule has 1 aliphatic heterocycles. The van der Waals surface area contributed by atoms with E-state index in [1.54, 1.807) is 16.7 Å². The Hall–Kier alpha value is -2.45. The van der Waals surface area contributed by atoms with E-state index in [0.29, 0.717) is 31.4 Å². The number of aryl methyl sites for hydroxylation is 1. The predicted molar refractivity (Wildman–Crippen MR) is 115 cm³/mol. The lowest BCUT2D eigenvalue weighted by Crippen LogP contribution is -2.48. The molecule has 0 atom stereocenters. The van der Waals surface area contributed by atoms with E-state index in [1.165, 1.54) is 11.3 Å². The van der Waals surface area contributed by atoms with E-state index >= 15 is 0 Å². The molecule has 156 valence electrons. The lowest BCUT2D eigenvalue weighted by molar-refractivity contribution is -0.115. The molecule has 29 heavy (non-hydrogen) atoms. The molecule has 1 fully saturated rings. The number of carbonyl (C=O) groups is 2. The van der Waals surface area contributed by atoms with Crippen LogP contribution in [0.25, 0.3) is 0 Å². The van der Waals surface area contributed by atoms with E-state index in [2.05, 4.69) is 11.8 Å². The number of ether oxygens (including phenoxy) is 1. The highest BCUT2D eigenvalue weighted by atomic mass is 32.1. The summed E-state index contributed by atoms with van der Waals surface area (Å²) in [5.74, 6) is -0.0464. The van der Waals surface area contributed by atoms with E-state index in [4.69, 9.17) is 9.72 Å². The molecule has 0 saturated carbocycles. The predicted octanol–water partition coefficient (Wildman–Crippen LogP) is 3.66. The minimum Gasteiger partial charge on any atom is -0.450 e. The molecule has 2 amide bonds. The molecule has 1 aromatic heterocycles. The summed E-state index contributed by atoms with van der Waals surface area (Å²) in [6.07, 6.45) is 0.609. The normalized spacial score (nSPS) is 14.7. The van der Waals surface area contributed by atoms with Crippen molar-refractivity contribution < 1.29 is 14.3 Å². The Kier molecular flexibility index (Phi) is 7.22. The standard InChI is InChI=1S/C21H28N4O3S/c1-4-17-8-6-7-9-19(17)25(16(3)26)20-22-18(15-29-20)14-23-10-12-24(13-11-23)21(27)28-5-2/h6-9,15H,4-5,10-14H2,1-3H3. The van der Waals surface area contributed by atoms with Gasteiger partial charge in [0.05, 0.1) is 18.0 Å². The van der Waals surface area contributed by atoms with E-state index in [0.717, 1.165) is 36.5 Å². The SMILES string of the molecule is CCOC(=O)N1CCN(Cc2csc(N(C(C)=O)c3ccccc3CC)n2)CC1. The first kappa shape index (κ1) is 21.3. The first-order valence-electron chi connectivity index (χ1n) is 10.0. The van der Waals surface area contributed by atoms with Crippen LogP contribution >= 0.6 is 11.3 Å². The molecule has 1 aromatic carbocycles. The average molecular weight is 417 g/mol. The van der Waals surface area contributed by atoms with E-state index in [-0.39, 0.29) is 12.0 Å². The zero-order valence-electron chi connectivity index (χ0n) is 17.3. The number of carbonyl (C=O) groups excluding carboxylic acids is 2. The van der Waals surface area contributed by atoms with Crippen LogP contribution in [0.15, 0.2) is 29.6 Å². The Labute approximate surface area is 175 Å². The highest BCUT2D eigenvalue weighted by Gasteiger charge is 2.24. The van der Waals surface area contributed by atoms with Gasteiger partial charge in [0.25, 0.3) is 0 Å². The fourth-order valence-corrected chi connectivity index (χ4v) is 4.31. The maximum atomic E-state index is 12.4. The van der Waals surface area contributed by atoms with Crippen LogP contribution in [0.4, 0.5) is 15.6 Å². The Bertz CT molecular complexity index is 846. The molecule has 0 spiro atoms. The Balaban J connectivity index is 1.67. The largest absolute Gasteiger partial charge is 0.450 e. The van der Waals surface area contributed by atoms with Gasteiger partial charge in [0.1, 0.15) is 0 Å². The lowest BCUT2D eigenvalue weighted by Gasteiger charge is -2.33. The molecular weight excluding hydrogens is 388 g/mol. The van der Waals surface area contributed by atoms with Crippen molar-refractivity contribution in [3.63, 3.8) is 0 Å². The topological polar surface area (TPSA) is 66.0 Å². The third kappa shape index (κ3) is 5.13. The summed E-state index contributed by atoms with van der Waals surface area (Å²) in [4.78, 5) is 34.7. The van der Waals surface area contributed by atoms with Gasteiger partial charge < -0.3 is 9.64 Å². The highest BCUT2D eigenvalue weighted by Crippen LogP contribution is 2.32. The van der Waals surface area contributed by atoms with Crippen molar-refractivity contribution in [2.75, 3.05) is 37.7 Å².